The van der Waals surface area contributed by atoms with Gasteiger partial charge in [-0.05, 0) is 57.7 Å². The lowest BCUT2D eigenvalue weighted by atomic mass is 9.69. The van der Waals surface area contributed by atoms with Crippen LogP contribution in [-0.2, 0) is 0 Å². The van der Waals surface area contributed by atoms with Gasteiger partial charge in [0.1, 0.15) is 0 Å². The van der Waals surface area contributed by atoms with E-state index in [1.165, 1.54) is 38.8 Å². The van der Waals surface area contributed by atoms with Crippen LogP contribution in [-0.4, -0.2) is 25.0 Å². The molecular weight excluding hydrogens is 160 g/mol. The van der Waals surface area contributed by atoms with Gasteiger partial charge in [0.15, 0.2) is 0 Å². The van der Waals surface area contributed by atoms with E-state index in [-0.39, 0.29) is 0 Å². The summed E-state index contributed by atoms with van der Waals surface area (Å²) in [6, 6.07) is 0. The maximum Gasteiger partial charge on any atom is 0.00455 e. The molecule has 1 aliphatic carbocycles. The predicted octanol–water partition coefficient (Wildman–Crippen LogP) is 1.72. The van der Waals surface area contributed by atoms with E-state index in [0.29, 0.717) is 5.41 Å². The van der Waals surface area contributed by atoms with Crippen LogP contribution in [0.2, 0.25) is 0 Å². The maximum absolute atomic E-state index is 5.92. The summed E-state index contributed by atoms with van der Waals surface area (Å²) in [5.74, 6) is 0. The normalized spacial score (nSPS) is 28.8. The van der Waals surface area contributed by atoms with Gasteiger partial charge >= 0.3 is 0 Å². The summed E-state index contributed by atoms with van der Waals surface area (Å²) in [5, 5.41) is 0. The van der Waals surface area contributed by atoms with E-state index < -0.39 is 0 Å². The monoisotopic (exact) mass is 180 g/mol. The van der Waals surface area contributed by atoms with Gasteiger partial charge in [-0.1, -0.05) is 6.08 Å². The van der Waals surface area contributed by atoms with Crippen molar-refractivity contribution < 1.29 is 0 Å². The van der Waals surface area contributed by atoms with Gasteiger partial charge in [0.2, 0.25) is 0 Å². The molecule has 0 aromatic carbocycles. The van der Waals surface area contributed by atoms with Crippen molar-refractivity contribution in [1.29, 1.82) is 0 Å². The molecule has 2 rings (SSSR count). The van der Waals surface area contributed by atoms with Crippen LogP contribution in [0.3, 0.4) is 0 Å². The minimum Gasteiger partial charge on any atom is -0.402 e. The smallest absolute Gasteiger partial charge is 0.00455 e. The fourth-order valence-electron chi connectivity index (χ4n) is 2.68. The lowest BCUT2D eigenvalue weighted by Gasteiger charge is -2.42. The minimum atomic E-state index is 0.575. The van der Waals surface area contributed by atoms with E-state index in [0.717, 1.165) is 12.1 Å². The van der Waals surface area contributed by atoms with Crippen LogP contribution in [0.25, 0.3) is 0 Å². The maximum atomic E-state index is 5.92. The van der Waals surface area contributed by atoms with Crippen molar-refractivity contribution >= 4 is 0 Å². The fourth-order valence-corrected chi connectivity index (χ4v) is 2.68. The molecule has 2 aliphatic rings. The van der Waals surface area contributed by atoms with Crippen LogP contribution in [0.5, 0.6) is 0 Å². The summed E-state index contributed by atoms with van der Waals surface area (Å²) in [4.78, 5) is 2.43. The second-order valence-electron chi connectivity index (χ2n) is 4.80. The van der Waals surface area contributed by atoms with Gasteiger partial charge in [0, 0.05) is 5.70 Å². The van der Waals surface area contributed by atoms with E-state index >= 15 is 0 Å². The highest BCUT2D eigenvalue weighted by atomic mass is 15.1. The van der Waals surface area contributed by atoms with Crippen molar-refractivity contribution in [3.63, 3.8) is 0 Å². The first-order valence-electron chi connectivity index (χ1n) is 5.33. The molecule has 0 radical (unpaired) electrons. The number of hydrogen-bond acceptors (Lipinski definition) is 2. The van der Waals surface area contributed by atoms with Crippen molar-refractivity contribution in [2.75, 3.05) is 20.1 Å². The zero-order valence-electron chi connectivity index (χ0n) is 8.55. The predicted molar refractivity (Wildman–Crippen MR) is 55.3 cm³/mol. The van der Waals surface area contributed by atoms with Gasteiger partial charge in [-0.2, -0.15) is 0 Å². The van der Waals surface area contributed by atoms with Gasteiger partial charge in [-0.25, -0.2) is 0 Å². The summed E-state index contributed by atoms with van der Waals surface area (Å²) in [6.07, 6.45) is 8.62. The number of nitrogens with zero attached hydrogens (tertiary/aromatic N) is 1. The molecular formula is C11H20N2. The molecule has 0 bridgehead atoms. The average molecular weight is 180 g/mol. The number of likely N-dealkylation sites (tertiary alicyclic amines) is 1. The Kier molecular flexibility index (Phi) is 2.33. The number of nitrogens with two attached hydrogens (primary N) is 1. The first-order chi connectivity index (χ1) is 6.20. The lowest BCUT2D eigenvalue weighted by molar-refractivity contribution is 0.107. The first kappa shape index (κ1) is 9.07. The zero-order chi connectivity index (χ0) is 9.31. The largest absolute Gasteiger partial charge is 0.402 e. The Balaban J connectivity index is 2.01. The van der Waals surface area contributed by atoms with Gasteiger partial charge in [0.05, 0.1) is 0 Å². The highest BCUT2D eigenvalue weighted by Gasteiger charge is 2.34. The van der Waals surface area contributed by atoms with Crippen LogP contribution in [0.15, 0.2) is 11.8 Å². The Morgan fingerprint density at radius 2 is 2.00 bits per heavy atom. The van der Waals surface area contributed by atoms with Crippen molar-refractivity contribution in [3.8, 4) is 0 Å². The fraction of sp³-hybridized carbons (Fsp3) is 0.818. The average Bonchev–Trinajstić information content (AvgIpc) is 2.11. The molecule has 1 heterocycles. The topological polar surface area (TPSA) is 29.3 Å². The summed E-state index contributed by atoms with van der Waals surface area (Å²) in [7, 11) is 2.22. The summed E-state index contributed by atoms with van der Waals surface area (Å²) < 4.78 is 0. The Labute approximate surface area is 80.8 Å². The number of allylic oxidation sites excluding steroid dienone is 2. The third-order valence-electron chi connectivity index (χ3n) is 3.71. The second-order valence-corrected chi connectivity index (χ2v) is 4.80. The molecule has 74 valence electrons. The molecule has 1 spiro atoms. The molecule has 0 amide bonds. The Hall–Kier alpha value is -0.500. The third-order valence-corrected chi connectivity index (χ3v) is 3.71. The zero-order valence-corrected chi connectivity index (χ0v) is 8.55. The van der Waals surface area contributed by atoms with E-state index in [1.807, 2.05) is 0 Å². The molecule has 1 saturated heterocycles. The SMILES string of the molecule is CN1CCC2(CCC=C(N)C2)CC1. The van der Waals surface area contributed by atoms with Crippen LogP contribution >= 0.6 is 0 Å². The first-order valence-corrected chi connectivity index (χ1v) is 5.33. The molecule has 2 heteroatoms. The molecule has 0 atom stereocenters. The van der Waals surface area contributed by atoms with E-state index in [1.54, 1.807) is 0 Å². The van der Waals surface area contributed by atoms with Gasteiger partial charge in [0.25, 0.3) is 0 Å². The number of piperidine rings is 1. The molecule has 1 aliphatic heterocycles. The van der Waals surface area contributed by atoms with Crippen molar-refractivity contribution in [2.24, 2.45) is 11.1 Å². The highest BCUT2D eigenvalue weighted by Crippen LogP contribution is 2.43. The Bertz CT molecular complexity index is 212. The molecule has 0 saturated carbocycles. The molecule has 0 aromatic rings. The molecule has 0 unspecified atom stereocenters. The van der Waals surface area contributed by atoms with Crippen LogP contribution < -0.4 is 5.73 Å². The summed E-state index contributed by atoms with van der Waals surface area (Å²) in [6.45, 7) is 2.51. The van der Waals surface area contributed by atoms with Gasteiger partial charge in [-0.15, -0.1) is 0 Å². The third kappa shape index (κ3) is 1.88. The lowest BCUT2D eigenvalue weighted by Crippen LogP contribution is -2.39. The molecule has 1 fully saturated rings. The van der Waals surface area contributed by atoms with Crippen molar-refractivity contribution in [1.82, 2.24) is 4.90 Å². The van der Waals surface area contributed by atoms with Crippen LogP contribution in [0, 0.1) is 5.41 Å². The minimum absolute atomic E-state index is 0.575. The molecule has 2 nitrogen and oxygen atoms in total. The quantitative estimate of drug-likeness (QED) is 0.615. The van der Waals surface area contributed by atoms with Crippen LogP contribution in [0.4, 0.5) is 0 Å². The summed E-state index contributed by atoms with van der Waals surface area (Å²) in [5.41, 5.74) is 7.63. The number of rotatable bonds is 0. The van der Waals surface area contributed by atoms with Gasteiger partial charge in [-0.3, -0.25) is 0 Å². The standard InChI is InChI=1S/C11H20N2/c1-13-7-5-11(6-8-13)4-2-3-10(12)9-11/h3H,2,4-9,12H2,1H3. The van der Waals surface area contributed by atoms with Crippen molar-refractivity contribution in [3.05, 3.63) is 11.8 Å². The molecule has 0 aromatic heterocycles. The van der Waals surface area contributed by atoms with Crippen LogP contribution in [0.1, 0.15) is 32.1 Å². The van der Waals surface area contributed by atoms with E-state index in [2.05, 4.69) is 18.0 Å². The molecule has 2 N–H and O–H groups in total. The highest BCUT2D eigenvalue weighted by molar-refractivity contribution is 5.07. The Morgan fingerprint density at radius 3 is 2.62 bits per heavy atom. The second kappa shape index (κ2) is 3.33. The van der Waals surface area contributed by atoms with Crippen molar-refractivity contribution in [2.45, 2.75) is 32.1 Å². The summed E-state index contributed by atoms with van der Waals surface area (Å²) >= 11 is 0. The van der Waals surface area contributed by atoms with Gasteiger partial charge < -0.3 is 10.6 Å². The van der Waals surface area contributed by atoms with E-state index in [4.69, 9.17) is 5.73 Å². The Morgan fingerprint density at radius 1 is 1.31 bits per heavy atom. The number of hydrogen-bond donors (Lipinski definition) is 1. The van der Waals surface area contributed by atoms with E-state index in [9.17, 15) is 0 Å². The molecule has 13 heavy (non-hydrogen) atoms.